The van der Waals surface area contributed by atoms with Gasteiger partial charge in [0, 0.05) is 24.8 Å². The summed E-state index contributed by atoms with van der Waals surface area (Å²) in [6.07, 6.45) is 0. The fourth-order valence-corrected chi connectivity index (χ4v) is 3.08. The van der Waals surface area contributed by atoms with Crippen molar-refractivity contribution in [3.63, 3.8) is 0 Å². The molecule has 0 atom stereocenters. The highest BCUT2D eigenvalue weighted by Gasteiger charge is 2.09. The van der Waals surface area contributed by atoms with Crippen LogP contribution in [0.4, 0.5) is 0 Å². The number of rotatable bonds is 0. The Labute approximate surface area is 93.5 Å². The van der Waals surface area contributed by atoms with E-state index >= 15 is 0 Å². The molecule has 64 valence electrons. The number of benzene rings is 1. The minimum atomic E-state index is 0.647. The van der Waals surface area contributed by atoms with E-state index in [-0.39, 0.29) is 0 Å². The van der Waals surface area contributed by atoms with Crippen molar-refractivity contribution >= 4 is 50.0 Å². The van der Waals surface area contributed by atoms with Crippen molar-refractivity contribution in [2.75, 3.05) is 0 Å². The lowest BCUT2D eigenvalue weighted by atomic mass is 10.1. The van der Waals surface area contributed by atoms with E-state index in [0.29, 0.717) is 5.56 Å². The van der Waals surface area contributed by atoms with Crippen LogP contribution >= 0.6 is 39.9 Å². The van der Waals surface area contributed by atoms with Gasteiger partial charge in [0.15, 0.2) is 0 Å². The van der Waals surface area contributed by atoms with E-state index < -0.39 is 0 Å². The maximum atomic E-state index is 8.94. The van der Waals surface area contributed by atoms with Crippen molar-refractivity contribution in [3.8, 4) is 6.07 Å². The zero-order chi connectivity index (χ0) is 9.42. The average molecular weight is 270 g/mol. The van der Waals surface area contributed by atoms with Gasteiger partial charge in [-0.3, -0.25) is 0 Å². The van der Waals surface area contributed by atoms with E-state index in [1.54, 1.807) is 11.3 Å². The predicted octanol–water partition coefficient (Wildman–Crippen LogP) is 3.82. The molecule has 13 heavy (non-hydrogen) atoms. The molecule has 0 saturated heterocycles. The zero-order valence-corrected chi connectivity index (χ0v) is 9.71. The number of halogens is 1. The molecule has 1 nitrogen and oxygen atoms in total. The molecule has 2 rings (SSSR count). The van der Waals surface area contributed by atoms with Crippen LogP contribution in [-0.2, 0) is 0 Å². The molecule has 0 aliphatic rings. The minimum Gasteiger partial charge on any atom is -0.192 e. The zero-order valence-electron chi connectivity index (χ0n) is 6.41. The quantitative estimate of drug-likeness (QED) is 0.723. The molecule has 0 aliphatic heterocycles. The van der Waals surface area contributed by atoms with E-state index in [4.69, 9.17) is 5.26 Å². The second-order valence-electron chi connectivity index (χ2n) is 2.53. The van der Waals surface area contributed by atoms with Crippen LogP contribution in [0.1, 0.15) is 5.56 Å². The van der Waals surface area contributed by atoms with E-state index in [2.05, 4.69) is 34.6 Å². The van der Waals surface area contributed by atoms with Crippen LogP contribution in [0.2, 0.25) is 0 Å². The normalized spacial score (nSPS) is 10.2. The fraction of sp³-hybridized carbons (Fsp3) is 0. The summed E-state index contributed by atoms with van der Waals surface area (Å²) in [6.45, 7) is 0. The summed E-state index contributed by atoms with van der Waals surface area (Å²) in [6, 6.07) is 6.00. The van der Waals surface area contributed by atoms with E-state index in [0.717, 1.165) is 19.5 Å². The molecule has 0 saturated carbocycles. The number of fused-ring (bicyclic) bond motifs is 1. The van der Waals surface area contributed by atoms with Crippen molar-refractivity contribution in [2.45, 2.75) is 4.90 Å². The molecule has 0 unspecified atom stereocenters. The Kier molecular flexibility index (Phi) is 2.33. The summed E-state index contributed by atoms with van der Waals surface area (Å²) < 4.78 is 2.08. The highest BCUT2D eigenvalue weighted by atomic mass is 79.9. The smallest absolute Gasteiger partial charge is 0.101 e. The van der Waals surface area contributed by atoms with Gasteiger partial charge in [0.25, 0.3) is 0 Å². The molecule has 0 spiro atoms. The molecule has 4 heteroatoms. The van der Waals surface area contributed by atoms with Crippen LogP contribution in [0.25, 0.3) is 10.1 Å². The van der Waals surface area contributed by atoms with Crippen LogP contribution < -0.4 is 0 Å². The Hall–Kier alpha value is -0.500. The molecule has 0 N–H and O–H groups in total. The summed E-state index contributed by atoms with van der Waals surface area (Å²) in [4.78, 5) is 0.731. The highest BCUT2D eigenvalue weighted by molar-refractivity contribution is 9.10. The Morgan fingerprint density at radius 2 is 2.23 bits per heavy atom. The van der Waals surface area contributed by atoms with E-state index in [1.165, 1.54) is 0 Å². The van der Waals surface area contributed by atoms with Gasteiger partial charge in [-0.25, -0.2) is 0 Å². The van der Waals surface area contributed by atoms with Crippen LogP contribution in [0.3, 0.4) is 0 Å². The van der Waals surface area contributed by atoms with Crippen molar-refractivity contribution in [1.29, 1.82) is 5.26 Å². The van der Waals surface area contributed by atoms with Crippen molar-refractivity contribution in [1.82, 2.24) is 0 Å². The average Bonchev–Trinajstić information content (AvgIpc) is 2.49. The lowest BCUT2D eigenvalue weighted by Gasteiger charge is -1.97. The Balaban J connectivity index is 2.99. The maximum Gasteiger partial charge on any atom is 0.101 e. The lowest BCUT2D eigenvalue weighted by molar-refractivity contribution is 1.42. The third-order valence-corrected chi connectivity index (χ3v) is 4.03. The summed E-state index contributed by atoms with van der Waals surface area (Å²) in [5.74, 6) is 0. The monoisotopic (exact) mass is 269 g/mol. The van der Waals surface area contributed by atoms with Gasteiger partial charge in [-0.1, -0.05) is 0 Å². The topological polar surface area (TPSA) is 23.8 Å². The van der Waals surface area contributed by atoms with Gasteiger partial charge in [-0.15, -0.1) is 24.0 Å². The first-order chi connectivity index (χ1) is 6.24. The van der Waals surface area contributed by atoms with Crippen molar-refractivity contribution < 1.29 is 0 Å². The SMILES string of the molecule is N#Cc1c(S)ccc2scc(Br)c12. The molecular weight excluding hydrogens is 266 g/mol. The van der Waals surface area contributed by atoms with Crippen LogP contribution in [-0.4, -0.2) is 0 Å². The third-order valence-electron chi connectivity index (χ3n) is 1.79. The molecule has 0 fully saturated rings. The largest absolute Gasteiger partial charge is 0.192 e. The first-order valence-electron chi connectivity index (χ1n) is 3.53. The molecule has 2 aromatic rings. The lowest BCUT2D eigenvalue weighted by Crippen LogP contribution is -1.78. The number of thiophene rings is 1. The Morgan fingerprint density at radius 1 is 1.46 bits per heavy atom. The fourth-order valence-electron chi connectivity index (χ4n) is 1.20. The molecule has 0 amide bonds. The summed E-state index contributed by atoms with van der Waals surface area (Å²) in [5.41, 5.74) is 0.647. The molecule has 1 aromatic carbocycles. The van der Waals surface area contributed by atoms with Gasteiger partial charge in [0.1, 0.15) is 6.07 Å². The third kappa shape index (κ3) is 1.37. The number of hydrogen-bond donors (Lipinski definition) is 1. The maximum absolute atomic E-state index is 8.94. The van der Waals surface area contributed by atoms with E-state index in [9.17, 15) is 0 Å². The molecule has 1 aromatic heterocycles. The number of hydrogen-bond acceptors (Lipinski definition) is 3. The van der Waals surface area contributed by atoms with Gasteiger partial charge in [0.05, 0.1) is 5.56 Å². The summed E-state index contributed by atoms with van der Waals surface area (Å²) in [7, 11) is 0. The molecular formula is C9H4BrNS2. The second kappa shape index (κ2) is 3.33. The van der Waals surface area contributed by atoms with Crippen molar-refractivity contribution in [2.24, 2.45) is 0 Å². The Bertz CT molecular complexity index is 510. The van der Waals surface area contributed by atoms with Crippen LogP contribution in [0.5, 0.6) is 0 Å². The first kappa shape index (κ1) is 9.07. The molecule has 1 heterocycles. The molecule has 0 radical (unpaired) electrons. The number of nitriles is 1. The predicted molar refractivity (Wildman–Crippen MR) is 61.5 cm³/mol. The minimum absolute atomic E-state index is 0.647. The number of nitrogens with zero attached hydrogens (tertiary/aromatic N) is 1. The van der Waals surface area contributed by atoms with Crippen LogP contribution in [0.15, 0.2) is 26.9 Å². The summed E-state index contributed by atoms with van der Waals surface area (Å²) >= 11 is 9.28. The van der Waals surface area contributed by atoms with E-state index in [1.807, 2.05) is 17.5 Å². The Morgan fingerprint density at radius 3 is 2.92 bits per heavy atom. The molecule has 0 aliphatic carbocycles. The second-order valence-corrected chi connectivity index (χ2v) is 4.78. The van der Waals surface area contributed by atoms with Gasteiger partial charge in [-0.2, -0.15) is 5.26 Å². The van der Waals surface area contributed by atoms with Crippen LogP contribution in [0, 0.1) is 11.3 Å². The highest BCUT2D eigenvalue weighted by Crippen LogP contribution is 2.35. The van der Waals surface area contributed by atoms with Gasteiger partial charge < -0.3 is 0 Å². The van der Waals surface area contributed by atoms with Gasteiger partial charge in [0.2, 0.25) is 0 Å². The first-order valence-corrected chi connectivity index (χ1v) is 5.65. The van der Waals surface area contributed by atoms with Gasteiger partial charge >= 0.3 is 0 Å². The number of thiol groups is 1. The summed E-state index contributed by atoms with van der Waals surface area (Å²) in [5, 5.41) is 11.9. The van der Waals surface area contributed by atoms with Gasteiger partial charge in [-0.05, 0) is 28.1 Å². The standard InChI is InChI=1S/C9H4BrNS2/c10-6-4-13-8-2-1-7(12)5(3-11)9(6)8/h1-2,4,12H. The molecule has 0 bridgehead atoms. The van der Waals surface area contributed by atoms with Crippen molar-refractivity contribution in [3.05, 3.63) is 27.5 Å².